The van der Waals surface area contributed by atoms with Gasteiger partial charge in [-0.15, -0.1) is 0 Å². The minimum atomic E-state index is -0.232. The zero-order valence-corrected chi connectivity index (χ0v) is 13.6. The first-order chi connectivity index (χ1) is 12.2. The number of carbonyl (C=O) groups excluding carboxylic acids is 1. The molecule has 2 heterocycles. The second-order valence-corrected chi connectivity index (χ2v) is 5.78. The molecule has 6 heteroatoms. The molecule has 6 nitrogen and oxygen atoms in total. The van der Waals surface area contributed by atoms with Crippen molar-refractivity contribution in [2.24, 2.45) is 0 Å². The third-order valence-electron chi connectivity index (χ3n) is 4.07. The third-order valence-corrected chi connectivity index (χ3v) is 4.07. The number of para-hydroxylation sites is 1. The van der Waals surface area contributed by atoms with Crippen molar-refractivity contribution >= 4 is 16.9 Å². The summed E-state index contributed by atoms with van der Waals surface area (Å²) >= 11 is 0. The summed E-state index contributed by atoms with van der Waals surface area (Å²) in [6.07, 6.45) is 3.13. The molecule has 1 atom stereocenters. The van der Waals surface area contributed by atoms with Crippen LogP contribution in [0, 0.1) is 0 Å². The predicted molar refractivity (Wildman–Crippen MR) is 93.5 cm³/mol. The number of amides is 1. The van der Waals surface area contributed by atoms with Gasteiger partial charge in [-0.05, 0) is 36.8 Å². The minimum absolute atomic E-state index is 0.148. The fourth-order valence-electron chi connectivity index (χ4n) is 2.70. The lowest BCUT2D eigenvalue weighted by Gasteiger charge is -2.14. The minimum Gasteiger partial charge on any atom is -0.451 e. The highest BCUT2D eigenvalue weighted by atomic mass is 16.3. The van der Waals surface area contributed by atoms with E-state index in [-0.39, 0.29) is 11.9 Å². The van der Waals surface area contributed by atoms with E-state index >= 15 is 0 Å². The maximum atomic E-state index is 12.4. The Bertz CT molecular complexity index is 971. The van der Waals surface area contributed by atoms with E-state index in [9.17, 15) is 4.79 Å². The molecule has 1 N–H and O–H groups in total. The Kier molecular flexibility index (Phi) is 3.78. The molecule has 2 aromatic heterocycles. The van der Waals surface area contributed by atoms with Crippen LogP contribution in [-0.4, -0.2) is 20.7 Å². The molecular weight excluding hydrogens is 316 g/mol. The van der Waals surface area contributed by atoms with Crippen LogP contribution in [0.4, 0.5) is 0 Å². The van der Waals surface area contributed by atoms with Gasteiger partial charge in [0, 0.05) is 5.39 Å². The van der Waals surface area contributed by atoms with Crippen LogP contribution in [0.5, 0.6) is 0 Å². The van der Waals surface area contributed by atoms with E-state index < -0.39 is 0 Å². The highest BCUT2D eigenvalue weighted by molar-refractivity contribution is 5.96. The highest BCUT2D eigenvalue weighted by Gasteiger charge is 2.15. The molecule has 0 bridgehead atoms. The van der Waals surface area contributed by atoms with Gasteiger partial charge < -0.3 is 9.73 Å². The molecule has 0 fully saturated rings. The first-order valence-corrected chi connectivity index (χ1v) is 7.95. The number of fused-ring (bicyclic) bond motifs is 1. The van der Waals surface area contributed by atoms with Crippen LogP contribution in [0.25, 0.3) is 16.7 Å². The molecule has 0 aliphatic heterocycles. The molecule has 124 valence electrons. The lowest BCUT2D eigenvalue weighted by molar-refractivity contribution is 0.0914. The number of furan rings is 1. The van der Waals surface area contributed by atoms with Crippen molar-refractivity contribution in [3.05, 3.63) is 78.6 Å². The molecule has 0 spiro atoms. The summed E-state index contributed by atoms with van der Waals surface area (Å²) < 4.78 is 7.29. The Hall–Kier alpha value is -3.41. The molecule has 0 aliphatic rings. The van der Waals surface area contributed by atoms with Crippen LogP contribution in [0.2, 0.25) is 0 Å². The van der Waals surface area contributed by atoms with Crippen molar-refractivity contribution in [3.63, 3.8) is 0 Å². The highest BCUT2D eigenvalue weighted by Crippen LogP contribution is 2.20. The van der Waals surface area contributed by atoms with E-state index in [1.165, 1.54) is 6.33 Å². The molecule has 2 aromatic carbocycles. The van der Waals surface area contributed by atoms with Crippen LogP contribution in [0.1, 0.15) is 29.1 Å². The molecule has 4 rings (SSSR count). The zero-order valence-electron chi connectivity index (χ0n) is 13.6. The van der Waals surface area contributed by atoms with Gasteiger partial charge in [0.15, 0.2) is 5.76 Å². The van der Waals surface area contributed by atoms with Crippen molar-refractivity contribution < 1.29 is 9.21 Å². The van der Waals surface area contributed by atoms with Crippen molar-refractivity contribution in [2.45, 2.75) is 13.0 Å². The fraction of sp³-hybridized carbons (Fsp3) is 0.105. The van der Waals surface area contributed by atoms with E-state index in [1.54, 1.807) is 17.1 Å². The monoisotopic (exact) mass is 332 g/mol. The Balaban J connectivity index is 1.49. The normalized spacial score (nSPS) is 12.2. The van der Waals surface area contributed by atoms with E-state index in [0.717, 1.165) is 16.6 Å². The van der Waals surface area contributed by atoms with E-state index in [1.807, 2.05) is 55.5 Å². The Morgan fingerprint density at radius 3 is 2.68 bits per heavy atom. The molecule has 0 saturated carbocycles. The summed E-state index contributed by atoms with van der Waals surface area (Å²) in [5.41, 5.74) is 2.61. The van der Waals surface area contributed by atoms with Gasteiger partial charge in [0.25, 0.3) is 5.91 Å². The van der Waals surface area contributed by atoms with Crippen LogP contribution in [-0.2, 0) is 0 Å². The number of hydrogen-bond donors (Lipinski definition) is 1. The number of aromatic nitrogens is 3. The van der Waals surface area contributed by atoms with Crippen molar-refractivity contribution in [1.29, 1.82) is 0 Å². The first-order valence-electron chi connectivity index (χ1n) is 7.95. The molecular formula is C19H16N4O2. The van der Waals surface area contributed by atoms with Gasteiger partial charge in [0.05, 0.1) is 11.7 Å². The second kappa shape index (κ2) is 6.24. The van der Waals surface area contributed by atoms with Crippen molar-refractivity contribution in [3.8, 4) is 5.69 Å². The van der Waals surface area contributed by atoms with E-state index in [2.05, 4.69) is 15.4 Å². The number of nitrogens with one attached hydrogen (secondary N) is 1. The lowest BCUT2D eigenvalue weighted by atomic mass is 10.1. The molecule has 0 saturated heterocycles. The predicted octanol–water partition coefficient (Wildman–Crippen LogP) is 3.50. The van der Waals surface area contributed by atoms with Crippen LogP contribution in [0.3, 0.4) is 0 Å². The number of nitrogens with zero attached hydrogens (tertiary/aromatic N) is 3. The van der Waals surface area contributed by atoms with E-state index in [0.29, 0.717) is 11.3 Å². The largest absolute Gasteiger partial charge is 0.451 e. The fourth-order valence-corrected chi connectivity index (χ4v) is 2.70. The molecule has 4 aromatic rings. The van der Waals surface area contributed by atoms with Gasteiger partial charge in [-0.25, -0.2) is 9.67 Å². The molecule has 1 amide bonds. The number of rotatable bonds is 4. The van der Waals surface area contributed by atoms with E-state index in [4.69, 9.17) is 4.42 Å². The quantitative estimate of drug-likeness (QED) is 0.621. The molecule has 0 radical (unpaired) electrons. The number of benzene rings is 2. The van der Waals surface area contributed by atoms with Gasteiger partial charge in [-0.1, -0.05) is 30.3 Å². The average Bonchev–Trinajstić information content (AvgIpc) is 3.31. The topological polar surface area (TPSA) is 73.0 Å². The van der Waals surface area contributed by atoms with Gasteiger partial charge >= 0.3 is 0 Å². The first kappa shape index (κ1) is 15.1. The third kappa shape index (κ3) is 3.01. The van der Waals surface area contributed by atoms with Gasteiger partial charge in [0.2, 0.25) is 0 Å². The Morgan fingerprint density at radius 2 is 1.96 bits per heavy atom. The summed E-state index contributed by atoms with van der Waals surface area (Å²) in [5, 5.41) is 7.97. The standard InChI is InChI=1S/C19H16N4O2/c1-13(14-6-8-16(9-7-14)23-12-20-11-21-23)22-19(24)18-10-15-4-2-3-5-17(15)25-18/h2-13H,1H3,(H,22,24)/t13-/m1/s1. The van der Waals surface area contributed by atoms with Gasteiger partial charge in [0.1, 0.15) is 18.2 Å². The van der Waals surface area contributed by atoms with Gasteiger partial charge in [-0.3, -0.25) is 4.79 Å². The molecule has 25 heavy (non-hydrogen) atoms. The maximum Gasteiger partial charge on any atom is 0.287 e. The summed E-state index contributed by atoms with van der Waals surface area (Å²) in [7, 11) is 0. The van der Waals surface area contributed by atoms with Crippen LogP contribution >= 0.6 is 0 Å². The van der Waals surface area contributed by atoms with Crippen LogP contribution in [0.15, 0.2) is 71.7 Å². The number of carbonyl (C=O) groups is 1. The number of hydrogen-bond acceptors (Lipinski definition) is 4. The zero-order chi connectivity index (χ0) is 17.2. The second-order valence-electron chi connectivity index (χ2n) is 5.78. The maximum absolute atomic E-state index is 12.4. The Morgan fingerprint density at radius 1 is 1.16 bits per heavy atom. The average molecular weight is 332 g/mol. The Labute approximate surface area is 144 Å². The SMILES string of the molecule is C[C@@H](NC(=O)c1cc2ccccc2o1)c1ccc(-n2cncn2)cc1. The van der Waals surface area contributed by atoms with Gasteiger partial charge in [-0.2, -0.15) is 5.10 Å². The molecule has 0 aliphatic carbocycles. The smallest absolute Gasteiger partial charge is 0.287 e. The summed E-state index contributed by atoms with van der Waals surface area (Å²) in [6.45, 7) is 1.94. The lowest BCUT2D eigenvalue weighted by Crippen LogP contribution is -2.26. The summed E-state index contributed by atoms with van der Waals surface area (Å²) in [6, 6.07) is 17.0. The summed E-state index contributed by atoms with van der Waals surface area (Å²) in [5.74, 6) is 0.0799. The summed E-state index contributed by atoms with van der Waals surface area (Å²) in [4.78, 5) is 16.4. The van der Waals surface area contributed by atoms with Crippen molar-refractivity contribution in [2.75, 3.05) is 0 Å². The van der Waals surface area contributed by atoms with Crippen molar-refractivity contribution in [1.82, 2.24) is 20.1 Å². The molecule has 0 unspecified atom stereocenters. The van der Waals surface area contributed by atoms with Crippen LogP contribution < -0.4 is 5.32 Å².